The van der Waals surface area contributed by atoms with Crippen LogP contribution in [0, 0.1) is 5.92 Å². The van der Waals surface area contributed by atoms with E-state index < -0.39 is 0 Å². The molecule has 2 heteroatoms. The minimum Gasteiger partial charge on any atom is -0.303 e. The number of carbonyl (C=O) groups excluding carboxylic acids is 1. The van der Waals surface area contributed by atoms with Crippen molar-refractivity contribution in [1.29, 1.82) is 0 Å². The number of rotatable bonds is 5. The third kappa shape index (κ3) is 2.90. The van der Waals surface area contributed by atoms with Gasteiger partial charge in [0.2, 0.25) is 0 Å². The molecular weight excluding hydrogens is 186 g/mol. The molecule has 0 spiro atoms. The molecule has 0 saturated carbocycles. The highest BCUT2D eigenvalue weighted by Gasteiger charge is 2.25. The fraction of sp³-hybridized carbons (Fsp3) is 0.462. The molecule has 1 saturated heterocycles. The van der Waals surface area contributed by atoms with E-state index in [1.165, 1.54) is 5.56 Å². The Morgan fingerprint density at radius 1 is 1.27 bits per heavy atom. The lowest BCUT2D eigenvalue weighted by Crippen LogP contribution is -2.45. The fourth-order valence-electron chi connectivity index (χ4n) is 2.13. The van der Waals surface area contributed by atoms with Crippen LogP contribution in [0.2, 0.25) is 0 Å². The summed E-state index contributed by atoms with van der Waals surface area (Å²) in [5.41, 5.74) is 1.38. The molecule has 0 bridgehead atoms. The van der Waals surface area contributed by atoms with Crippen LogP contribution in [0.1, 0.15) is 18.4 Å². The van der Waals surface area contributed by atoms with E-state index in [4.69, 9.17) is 0 Å². The first-order valence-electron chi connectivity index (χ1n) is 5.58. The maximum atomic E-state index is 10.2. The van der Waals surface area contributed by atoms with Gasteiger partial charge in [-0.2, -0.15) is 0 Å². The van der Waals surface area contributed by atoms with Crippen molar-refractivity contribution in [2.75, 3.05) is 13.1 Å². The molecule has 80 valence electrons. The second-order valence-electron chi connectivity index (χ2n) is 4.29. The molecule has 1 aliphatic rings. The van der Waals surface area contributed by atoms with Gasteiger partial charge >= 0.3 is 0 Å². The molecule has 2 nitrogen and oxygen atoms in total. The lowest BCUT2D eigenvalue weighted by atomic mass is 9.94. The summed E-state index contributed by atoms with van der Waals surface area (Å²) in [6.45, 7) is 3.36. The lowest BCUT2D eigenvalue weighted by molar-refractivity contribution is -0.108. The van der Waals surface area contributed by atoms with E-state index >= 15 is 0 Å². The number of hydrogen-bond donors (Lipinski definition) is 0. The van der Waals surface area contributed by atoms with Gasteiger partial charge in [0, 0.05) is 26.1 Å². The molecule has 0 amide bonds. The van der Waals surface area contributed by atoms with Gasteiger partial charge in [0.15, 0.2) is 0 Å². The van der Waals surface area contributed by atoms with Gasteiger partial charge in [-0.15, -0.1) is 0 Å². The Hall–Kier alpha value is -1.15. The highest BCUT2D eigenvalue weighted by Crippen LogP contribution is 2.21. The Labute approximate surface area is 90.9 Å². The summed E-state index contributed by atoms with van der Waals surface area (Å²) in [5, 5.41) is 0. The van der Waals surface area contributed by atoms with Crippen LogP contribution in [-0.4, -0.2) is 24.3 Å². The standard InChI is InChI=1S/C13H17NO/c15-8-4-7-13-10-14(11-13)9-12-5-2-1-3-6-12/h1-3,5-6,8,13H,4,7,9-11H2. The number of benzene rings is 1. The van der Waals surface area contributed by atoms with Crippen molar-refractivity contribution in [3.8, 4) is 0 Å². The molecule has 0 atom stereocenters. The van der Waals surface area contributed by atoms with Crippen LogP contribution in [0.15, 0.2) is 30.3 Å². The van der Waals surface area contributed by atoms with E-state index in [0.29, 0.717) is 0 Å². The van der Waals surface area contributed by atoms with E-state index in [9.17, 15) is 4.79 Å². The Morgan fingerprint density at radius 3 is 2.67 bits per heavy atom. The van der Waals surface area contributed by atoms with Crippen molar-refractivity contribution in [3.63, 3.8) is 0 Å². The van der Waals surface area contributed by atoms with Gasteiger partial charge < -0.3 is 4.79 Å². The normalized spacial score (nSPS) is 17.3. The van der Waals surface area contributed by atoms with Gasteiger partial charge in [-0.1, -0.05) is 30.3 Å². The number of hydrogen-bond acceptors (Lipinski definition) is 2. The Balaban J connectivity index is 1.70. The average Bonchev–Trinajstić information content (AvgIpc) is 2.23. The number of aldehydes is 1. The van der Waals surface area contributed by atoms with E-state index in [2.05, 4.69) is 29.2 Å². The van der Waals surface area contributed by atoms with Gasteiger partial charge in [-0.25, -0.2) is 0 Å². The highest BCUT2D eigenvalue weighted by molar-refractivity contribution is 5.49. The topological polar surface area (TPSA) is 20.3 Å². The van der Waals surface area contributed by atoms with Gasteiger partial charge in [0.05, 0.1) is 0 Å². The molecule has 0 N–H and O–H groups in total. The van der Waals surface area contributed by atoms with Crippen molar-refractivity contribution in [2.45, 2.75) is 19.4 Å². The summed E-state index contributed by atoms with van der Waals surface area (Å²) in [7, 11) is 0. The Bertz CT molecular complexity index is 304. The van der Waals surface area contributed by atoms with Gasteiger partial charge in [-0.05, 0) is 17.9 Å². The average molecular weight is 203 g/mol. The Kier molecular flexibility index (Phi) is 3.51. The zero-order valence-electron chi connectivity index (χ0n) is 8.93. The monoisotopic (exact) mass is 203 g/mol. The van der Waals surface area contributed by atoms with E-state index in [1.54, 1.807) is 0 Å². The van der Waals surface area contributed by atoms with Crippen LogP contribution >= 0.6 is 0 Å². The largest absolute Gasteiger partial charge is 0.303 e. The maximum Gasteiger partial charge on any atom is 0.120 e. The van der Waals surface area contributed by atoms with Crippen LogP contribution < -0.4 is 0 Å². The minimum absolute atomic E-state index is 0.726. The number of likely N-dealkylation sites (tertiary alicyclic amines) is 1. The summed E-state index contributed by atoms with van der Waals surface area (Å²) in [6, 6.07) is 10.5. The zero-order valence-corrected chi connectivity index (χ0v) is 8.93. The predicted molar refractivity (Wildman–Crippen MR) is 60.5 cm³/mol. The molecule has 1 aromatic rings. The molecule has 1 aromatic carbocycles. The SMILES string of the molecule is O=CCCC1CN(Cc2ccccc2)C1. The molecule has 1 aliphatic heterocycles. The molecule has 1 fully saturated rings. The van der Waals surface area contributed by atoms with Gasteiger partial charge in [0.25, 0.3) is 0 Å². The predicted octanol–water partition coefficient (Wildman–Crippen LogP) is 2.10. The molecule has 0 aromatic heterocycles. The minimum atomic E-state index is 0.726. The van der Waals surface area contributed by atoms with Crippen LogP contribution in [0.4, 0.5) is 0 Å². The van der Waals surface area contributed by atoms with Crippen LogP contribution in [-0.2, 0) is 11.3 Å². The van der Waals surface area contributed by atoms with E-state index in [0.717, 1.165) is 44.7 Å². The number of nitrogens with zero attached hydrogens (tertiary/aromatic N) is 1. The molecule has 1 heterocycles. The third-order valence-corrected chi connectivity index (χ3v) is 2.97. The Morgan fingerprint density at radius 2 is 2.00 bits per heavy atom. The smallest absolute Gasteiger partial charge is 0.120 e. The number of carbonyl (C=O) groups is 1. The van der Waals surface area contributed by atoms with Crippen molar-refractivity contribution in [2.24, 2.45) is 5.92 Å². The maximum absolute atomic E-state index is 10.2. The quantitative estimate of drug-likeness (QED) is 0.683. The molecule has 0 unspecified atom stereocenters. The van der Waals surface area contributed by atoms with Gasteiger partial charge in [0.1, 0.15) is 6.29 Å². The molecule has 2 rings (SSSR count). The van der Waals surface area contributed by atoms with E-state index in [-0.39, 0.29) is 0 Å². The first-order valence-corrected chi connectivity index (χ1v) is 5.58. The molecule has 0 aliphatic carbocycles. The van der Waals surface area contributed by atoms with Crippen molar-refractivity contribution in [1.82, 2.24) is 4.90 Å². The first kappa shape index (κ1) is 10.4. The summed E-state index contributed by atoms with van der Waals surface area (Å²) < 4.78 is 0. The molecule has 0 radical (unpaired) electrons. The highest BCUT2D eigenvalue weighted by atomic mass is 16.1. The first-order chi connectivity index (χ1) is 7.38. The van der Waals surface area contributed by atoms with Gasteiger partial charge in [-0.3, -0.25) is 4.90 Å². The van der Waals surface area contributed by atoms with Crippen molar-refractivity contribution < 1.29 is 4.79 Å². The van der Waals surface area contributed by atoms with E-state index in [1.807, 2.05) is 6.07 Å². The summed E-state index contributed by atoms with van der Waals surface area (Å²) in [4.78, 5) is 12.6. The summed E-state index contributed by atoms with van der Waals surface area (Å²) in [5.74, 6) is 0.749. The van der Waals surface area contributed by atoms with Crippen LogP contribution in [0.25, 0.3) is 0 Å². The zero-order chi connectivity index (χ0) is 10.5. The van der Waals surface area contributed by atoms with Crippen LogP contribution in [0.3, 0.4) is 0 Å². The van der Waals surface area contributed by atoms with Crippen LogP contribution in [0.5, 0.6) is 0 Å². The molecule has 15 heavy (non-hydrogen) atoms. The van der Waals surface area contributed by atoms with Crippen molar-refractivity contribution in [3.05, 3.63) is 35.9 Å². The summed E-state index contributed by atoms with van der Waals surface area (Å²) in [6.07, 6.45) is 2.82. The third-order valence-electron chi connectivity index (χ3n) is 2.97. The molecular formula is C13H17NO. The fourth-order valence-corrected chi connectivity index (χ4v) is 2.13. The second-order valence-corrected chi connectivity index (χ2v) is 4.29. The summed E-state index contributed by atoms with van der Waals surface area (Å²) >= 11 is 0. The second kappa shape index (κ2) is 5.08. The lowest BCUT2D eigenvalue weighted by Gasteiger charge is -2.39. The van der Waals surface area contributed by atoms with Crippen molar-refractivity contribution >= 4 is 6.29 Å².